The van der Waals surface area contributed by atoms with Gasteiger partial charge in [-0.15, -0.1) is 0 Å². The zero-order chi connectivity index (χ0) is 28.8. The predicted molar refractivity (Wildman–Crippen MR) is 150 cm³/mol. The van der Waals surface area contributed by atoms with Crippen molar-refractivity contribution >= 4 is 23.8 Å². The van der Waals surface area contributed by atoms with Crippen molar-refractivity contribution in [1.29, 1.82) is 0 Å². The Labute approximate surface area is 235 Å². The number of cyclic esters (lactones) is 1. The third kappa shape index (κ3) is 6.66. The number of fused-ring (bicyclic) bond motifs is 2. The van der Waals surface area contributed by atoms with Gasteiger partial charge in [0, 0.05) is 24.3 Å². The Morgan fingerprint density at radius 2 is 1.75 bits per heavy atom. The minimum absolute atomic E-state index is 0.0397. The van der Waals surface area contributed by atoms with E-state index in [2.05, 4.69) is 0 Å². The molecule has 8 nitrogen and oxygen atoms in total. The fraction of sp³-hybridized carbons (Fsp3) is 0.469. The van der Waals surface area contributed by atoms with Crippen LogP contribution in [0.1, 0.15) is 98.7 Å². The number of carbonyl (C=O) groups is 3. The van der Waals surface area contributed by atoms with E-state index in [-0.39, 0.29) is 35.9 Å². The largest absolute Gasteiger partial charge is 0.495 e. The van der Waals surface area contributed by atoms with Crippen LogP contribution in [0.5, 0.6) is 23.0 Å². The van der Waals surface area contributed by atoms with E-state index < -0.39 is 11.9 Å². The lowest BCUT2D eigenvalue weighted by Gasteiger charge is -2.29. The zero-order valence-electron chi connectivity index (χ0n) is 23.9. The van der Waals surface area contributed by atoms with E-state index in [0.717, 1.165) is 12.0 Å². The molecule has 0 amide bonds. The van der Waals surface area contributed by atoms with Gasteiger partial charge >= 0.3 is 11.9 Å². The third-order valence-electron chi connectivity index (χ3n) is 7.11. The van der Waals surface area contributed by atoms with Gasteiger partial charge in [0.1, 0.15) is 22.8 Å². The number of carbonyl (C=O) groups excluding carboxylic acids is 3. The van der Waals surface area contributed by atoms with E-state index in [4.69, 9.17) is 23.7 Å². The molecule has 0 aliphatic carbocycles. The number of hydrogen-bond acceptors (Lipinski definition) is 8. The lowest BCUT2D eigenvalue weighted by Crippen LogP contribution is -2.24. The highest BCUT2D eigenvalue weighted by Crippen LogP contribution is 2.48. The molecule has 0 saturated carbocycles. The Bertz CT molecular complexity index is 1290. The van der Waals surface area contributed by atoms with Crippen molar-refractivity contribution in [2.75, 3.05) is 14.2 Å². The molecular formula is C32H38O8. The number of allylic oxidation sites excluding steroid dienone is 1. The molecule has 214 valence electrons. The lowest BCUT2D eigenvalue weighted by molar-refractivity contribution is -0.135. The van der Waals surface area contributed by atoms with E-state index in [9.17, 15) is 14.4 Å². The summed E-state index contributed by atoms with van der Waals surface area (Å²) in [5.74, 6) is 0.643. The number of rotatable bonds is 5. The van der Waals surface area contributed by atoms with Gasteiger partial charge in [-0.05, 0) is 75.8 Å². The van der Waals surface area contributed by atoms with Crippen LogP contribution in [0.2, 0.25) is 0 Å². The standard InChI is InChI=1S/C32H38O8/c1-19(2)38-25-15-14-21(16-26(25)36-4)24-18-28(34)40-27-17-22-11-7-6-8-12-23(33)13-9-10-20(3)39-32(35)29(22)31(37-5)30(24)27/h7,11,14-17,19-20,24H,6,8-10,12-13,18H2,1-5H3/t20-,24-/m0/s1. The van der Waals surface area contributed by atoms with Crippen LogP contribution in [0.4, 0.5) is 0 Å². The lowest BCUT2D eigenvalue weighted by atomic mass is 9.83. The molecule has 0 N–H and O–H groups in total. The summed E-state index contributed by atoms with van der Waals surface area (Å²) in [7, 11) is 3.07. The summed E-state index contributed by atoms with van der Waals surface area (Å²) < 4.78 is 28.9. The van der Waals surface area contributed by atoms with E-state index in [1.807, 2.05) is 45.0 Å². The first-order valence-electron chi connectivity index (χ1n) is 13.9. The second-order valence-electron chi connectivity index (χ2n) is 10.5. The summed E-state index contributed by atoms with van der Waals surface area (Å²) >= 11 is 0. The maximum atomic E-state index is 13.6. The van der Waals surface area contributed by atoms with Crippen molar-refractivity contribution < 1.29 is 38.1 Å². The fourth-order valence-electron chi connectivity index (χ4n) is 5.25. The maximum absolute atomic E-state index is 13.6. The number of hydrogen-bond donors (Lipinski definition) is 0. The fourth-order valence-corrected chi connectivity index (χ4v) is 5.25. The molecule has 0 unspecified atom stereocenters. The predicted octanol–water partition coefficient (Wildman–Crippen LogP) is 6.41. The summed E-state index contributed by atoms with van der Waals surface area (Å²) in [6.45, 7) is 5.70. The number of ketones is 1. The van der Waals surface area contributed by atoms with Crippen molar-refractivity contribution in [1.82, 2.24) is 0 Å². The molecule has 4 rings (SSSR count). The second-order valence-corrected chi connectivity index (χ2v) is 10.5. The van der Waals surface area contributed by atoms with Gasteiger partial charge in [-0.25, -0.2) is 4.79 Å². The van der Waals surface area contributed by atoms with Crippen molar-refractivity contribution in [2.45, 2.75) is 83.8 Å². The SMILES string of the molecule is COc1cc([C@@H]2CC(=O)Oc3cc4c(c(OC)c32)C(=O)O[C@@H](C)CCCC(=O)CCCC=C4)ccc1OC(C)C. The van der Waals surface area contributed by atoms with Gasteiger partial charge in [-0.2, -0.15) is 0 Å². The second kappa shape index (κ2) is 13.0. The zero-order valence-corrected chi connectivity index (χ0v) is 23.9. The van der Waals surface area contributed by atoms with Gasteiger partial charge in [0.2, 0.25) is 0 Å². The number of benzene rings is 2. The number of Topliss-reactive ketones (excluding diaryl/α,β-unsaturated/α-hetero) is 1. The number of methoxy groups -OCH3 is 2. The quantitative estimate of drug-likeness (QED) is 0.311. The molecule has 0 bridgehead atoms. The van der Waals surface area contributed by atoms with Gasteiger partial charge in [-0.3, -0.25) is 9.59 Å². The van der Waals surface area contributed by atoms with Gasteiger partial charge < -0.3 is 23.7 Å². The minimum Gasteiger partial charge on any atom is -0.495 e. The highest BCUT2D eigenvalue weighted by atomic mass is 16.6. The first kappa shape index (κ1) is 29.2. The molecule has 0 saturated heterocycles. The molecule has 0 aromatic heterocycles. The Balaban J connectivity index is 1.84. The molecule has 2 heterocycles. The van der Waals surface area contributed by atoms with Crippen LogP contribution in [0.3, 0.4) is 0 Å². The molecule has 0 spiro atoms. The molecule has 0 fully saturated rings. The molecule has 2 aliphatic rings. The average molecular weight is 551 g/mol. The van der Waals surface area contributed by atoms with Gasteiger partial charge in [0.15, 0.2) is 11.5 Å². The van der Waals surface area contributed by atoms with Crippen LogP contribution in [0.15, 0.2) is 30.3 Å². The monoisotopic (exact) mass is 550 g/mol. The summed E-state index contributed by atoms with van der Waals surface area (Å²) in [5.41, 5.74) is 2.21. The normalized spacial score (nSPS) is 20.1. The first-order valence-corrected chi connectivity index (χ1v) is 13.9. The molecule has 2 aromatic carbocycles. The van der Waals surface area contributed by atoms with E-state index in [1.165, 1.54) is 7.11 Å². The van der Waals surface area contributed by atoms with Crippen LogP contribution in [-0.2, 0) is 14.3 Å². The average Bonchev–Trinajstić information content (AvgIpc) is 2.90. The Morgan fingerprint density at radius 3 is 2.48 bits per heavy atom. The summed E-state index contributed by atoms with van der Waals surface area (Å²) in [4.78, 5) is 38.6. The smallest absolute Gasteiger partial charge is 0.342 e. The molecule has 2 atom stereocenters. The van der Waals surface area contributed by atoms with Crippen LogP contribution >= 0.6 is 0 Å². The Kier molecular flexibility index (Phi) is 9.50. The molecular weight excluding hydrogens is 512 g/mol. The van der Waals surface area contributed by atoms with Crippen molar-refractivity contribution in [3.05, 3.63) is 52.6 Å². The highest BCUT2D eigenvalue weighted by Gasteiger charge is 2.36. The Morgan fingerprint density at radius 1 is 0.975 bits per heavy atom. The van der Waals surface area contributed by atoms with Crippen molar-refractivity contribution in [3.63, 3.8) is 0 Å². The van der Waals surface area contributed by atoms with Gasteiger partial charge in [-0.1, -0.05) is 18.2 Å². The molecule has 2 aliphatic heterocycles. The van der Waals surface area contributed by atoms with Crippen molar-refractivity contribution in [2.24, 2.45) is 0 Å². The summed E-state index contributed by atoms with van der Waals surface area (Å²) in [6.07, 6.45) is 7.00. The molecule has 8 heteroatoms. The Hall–Kier alpha value is -3.81. The third-order valence-corrected chi connectivity index (χ3v) is 7.11. The summed E-state index contributed by atoms with van der Waals surface area (Å²) in [6, 6.07) is 7.26. The van der Waals surface area contributed by atoms with Crippen molar-refractivity contribution in [3.8, 4) is 23.0 Å². The van der Waals surface area contributed by atoms with Gasteiger partial charge in [0.25, 0.3) is 0 Å². The van der Waals surface area contributed by atoms with E-state index in [1.54, 1.807) is 19.3 Å². The van der Waals surface area contributed by atoms with E-state index in [0.29, 0.717) is 66.2 Å². The number of esters is 2. The van der Waals surface area contributed by atoms with Gasteiger partial charge in [0.05, 0.1) is 32.8 Å². The molecule has 0 radical (unpaired) electrons. The van der Waals surface area contributed by atoms with Crippen LogP contribution in [0, 0.1) is 0 Å². The first-order chi connectivity index (χ1) is 19.2. The molecule has 40 heavy (non-hydrogen) atoms. The highest BCUT2D eigenvalue weighted by molar-refractivity contribution is 5.99. The van der Waals surface area contributed by atoms with Crippen LogP contribution in [0.25, 0.3) is 6.08 Å². The van der Waals surface area contributed by atoms with Crippen LogP contribution < -0.4 is 18.9 Å². The maximum Gasteiger partial charge on any atom is 0.342 e. The van der Waals surface area contributed by atoms with Crippen LogP contribution in [-0.4, -0.2) is 44.1 Å². The topological polar surface area (TPSA) is 97.4 Å². The van der Waals surface area contributed by atoms with E-state index >= 15 is 0 Å². The minimum atomic E-state index is -0.524. The number of ether oxygens (including phenoxy) is 5. The molecule has 2 aromatic rings. The summed E-state index contributed by atoms with van der Waals surface area (Å²) in [5, 5.41) is 0.